The second-order valence-corrected chi connectivity index (χ2v) is 7.28. The Balaban J connectivity index is 1.42. The lowest BCUT2D eigenvalue weighted by atomic mass is 9.89. The van der Waals surface area contributed by atoms with Crippen LogP contribution in [0.25, 0.3) is 0 Å². The zero-order valence-electron chi connectivity index (χ0n) is 14.9. The summed E-state index contributed by atoms with van der Waals surface area (Å²) in [4.78, 5) is 17.2. The molecule has 0 spiro atoms. The molecule has 1 amide bonds. The van der Waals surface area contributed by atoms with Crippen LogP contribution in [0.2, 0.25) is 0 Å². The number of para-hydroxylation sites is 1. The minimum atomic E-state index is -0.0217. The molecule has 1 aliphatic heterocycles. The van der Waals surface area contributed by atoms with Crippen molar-refractivity contribution in [1.29, 1.82) is 0 Å². The van der Waals surface area contributed by atoms with Crippen LogP contribution in [0.15, 0.2) is 30.3 Å². The van der Waals surface area contributed by atoms with Crippen molar-refractivity contribution in [3.8, 4) is 0 Å². The normalized spacial score (nSPS) is 21.5. The molecule has 132 valence electrons. The SMILES string of the molecule is C[C@H](C(=O)NCC1CCCCC1)N1CCN(c2ccccc2)CC1. The first kappa shape index (κ1) is 17.3. The van der Waals surface area contributed by atoms with E-state index in [0.29, 0.717) is 5.92 Å². The van der Waals surface area contributed by atoms with E-state index in [1.54, 1.807) is 0 Å². The van der Waals surface area contributed by atoms with Gasteiger partial charge in [-0.25, -0.2) is 0 Å². The van der Waals surface area contributed by atoms with Crippen LogP contribution in [0.5, 0.6) is 0 Å². The summed E-state index contributed by atoms with van der Waals surface area (Å²) >= 11 is 0. The van der Waals surface area contributed by atoms with Gasteiger partial charge in [-0.3, -0.25) is 9.69 Å². The van der Waals surface area contributed by atoms with Crippen LogP contribution in [0.4, 0.5) is 5.69 Å². The highest BCUT2D eigenvalue weighted by molar-refractivity contribution is 5.81. The van der Waals surface area contributed by atoms with Gasteiger partial charge in [-0.15, -0.1) is 0 Å². The zero-order valence-corrected chi connectivity index (χ0v) is 14.9. The second-order valence-electron chi connectivity index (χ2n) is 7.28. The van der Waals surface area contributed by atoms with E-state index in [4.69, 9.17) is 0 Å². The Morgan fingerprint density at radius 3 is 2.42 bits per heavy atom. The fraction of sp³-hybridized carbons (Fsp3) is 0.650. The largest absolute Gasteiger partial charge is 0.369 e. The number of rotatable bonds is 5. The molecular formula is C20H31N3O. The number of carbonyl (C=O) groups excluding carboxylic acids is 1. The maximum absolute atomic E-state index is 12.5. The first-order valence-electron chi connectivity index (χ1n) is 9.56. The third kappa shape index (κ3) is 4.50. The van der Waals surface area contributed by atoms with Gasteiger partial charge in [-0.2, -0.15) is 0 Å². The molecule has 0 aromatic heterocycles. The minimum absolute atomic E-state index is 0.0217. The molecule has 1 N–H and O–H groups in total. The van der Waals surface area contributed by atoms with Crippen LogP contribution in [0.1, 0.15) is 39.0 Å². The molecule has 1 aliphatic carbocycles. The van der Waals surface area contributed by atoms with Gasteiger partial charge in [0.1, 0.15) is 0 Å². The molecule has 0 bridgehead atoms. The van der Waals surface area contributed by atoms with Gasteiger partial charge in [0.25, 0.3) is 0 Å². The van der Waals surface area contributed by atoms with Crippen molar-refractivity contribution >= 4 is 11.6 Å². The molecule has 1 aromatic carbocycles. The molecule has 1 saturated heterocycles. The molecule has 2 fully saturated rings. The van der Waals surface area contributed by atoms with Gasteiger partial charge in [0, 0.05) is 38.4 Å². The molecular weight excluding hydrogens is 298 g/mol. The number of piperazine rings is 1. The van der Waals surface area contributed by atoms with Crippen LogP contribution in [-0.2, 0) is 4.79 Å². The predicted octanol–water partition coefficient (Wildman–Crippen LogP) is 2.89. The van der Waals surface area contributed by atoms with E-state index < -0.39 is 0 Å². The Morgan fingerprint density at radius 2 is 1.75 bits per heavy atom. The fourth-order valence-electron chi connectivity index (χ4n) is 3.96. The standard InChI is InChI=1S/C20H31N3O/c1-17(20(24)21-16-18-8-4-2-5-9-18)22-12-14-23(15-13-22)19-10-6-3-7-11-19/h3,6-7,10-11,17-18H,2,4-5,8-9,12-16H2,1H3,(H,21,24)/t17-/m1/s1. The predicted molar refractivity (Wildman–Crippen MR) is 99.3 cm³/mol. The number of carbonyl (C=O) groups is 1. The molecule has 0 radical (unpaired) electrons. The lowest BCUT2D eigenvalue weighted by molar-refractivity contribution is -0.126. The molecule has 1 atom stereocenters. The van der Waals surface area contributed by atoms with Crippen LogP contribution >= 0.6 is 0 Å². The Morgan fingerprint density at radius 1 is 1.08 bits per heavy atom. The van der Waals surface area contributed by atoms with Gasteiger partial charge in [0.05, 0.1) is 6.04 Å². The zero-order chi connectivity index (χ0) is 16.8. The number of hydrogen-bond acceptors (Lipinski definition) is 3. The molecule has 4 nitrogen and oxygen atoms in total. The summed E-state index contributed by atoms with van der Waals surface area (Å²) < 4.78 is 0. The fourth-order valence-corrected chi connectivity index (χ4v) is 3.96. The monoisotopic (exact) mass is 329 g/mol. The second kappa shape index (κ2) is 8.52. The summed E-state index contributed by atoms with van der Waals surface area (Å²) in [5.41, 5.74) is 1.28. The topological polar surface area (TPSA) is 35.6 Å². The van der Waals surface area contributed by atoms with E-state index in [-0.39, 0.29) is 11.9 Å². The van der Waals surface area contributed by atoms with Crippen LogP contribution in [0.3, 0.4) is 0 Å². The van der Waals surface area contributed by atoms with Gasteiger partial charge >= 0.3 is 0 Å². The molecule has 1 saturated carbocycles. The van der Waals surface area contributed by atoms with E-state index in [1.807, 2.05) is 6.92 Å². The Kier molecular flexibility index (Phi) is 6.13. The molecule has 2 aliphatic rings. The first-order chi connectivity index (χ1) is 11.7. The Hall–Kier alpha value is -1.55. The molecule has 24 heavy (non-hydrogen) atoms. The summed E-state index contributed by atoms with van der Waals surface area (Å²) in [5.74, 6) is 0.901. The van der Waals surface area contributed by atoms with Crippen molar-refractivity contribution in [2.75, 3.05) is 37.6 Å². The van der Waals surface area contributed by atoms with Crippen molar-refractivity contribution < 1.29 is 4.79 Å². The lowest BCUT2D eigenvalue weighted by Crippen LogP contribution is -2.54. The van der Waals surface area contributed by atoms with Crippen LogP contribution < -0.4 is 10.2 Å². The molecule has 1 heterocycles. The van der Waals surface area contributed by atoms with Gasteiger partial charge in [-0.1, -0.05) is 37.5 Å². The van der Waals surface area contributed by atoms with Crippen molar-refractivity contribution in [3.05, 3.63) is 30.3 Å². The Labute approximate surface area is 146 Å². The van der Waals surface area contributed by atoms with E-state index in [0.717, 1.165) is 32.7 Å². The summed E-state index contributed by atoms with van der Waals surface area (Å²) in [7, 11) is 0. The number of anilines is 1. The van der Waals surface area contributed by atoms with Crippen LogP contribution in [0, 0.1) is 5.92 Å². The lowest BCUT2D eigenvalue weighted by Gasteiger charge is -2.38. The van der Waals surface area contributed by atoms with E-state index >= 15 is 0 Å². The number of amides is 1. The van der Waals surface area contributed by atoms with Crippen molar-refractivity contribution in [2.24, 2.45) is 5.92 Å². The number of benzene rings is 1. The van der Waals surface area contributed by atoms with E-state index in [9.17, 15) is 4.79 Å². The van der Waals surface area contributed by atoms with Gasteiger partial charge in [0.15, 0.2) is 0 Å². The highest BCUT2D eigenvalue weighted by Crippen LogP contribution is 2.23. The molecule has 1 aromatic rings. The van der Waals surface area contributed by atoms with Gasteiger partial charge in [0.2, 0.25) is 5.91 Å². The minimum Gasteiger partial charge on any atom is -0.369 e. The van der Waals surface area contributed by atoms with Crippen molar-refractivity contribution in [3.63, 3.8) is 0 Å². The third-order valence-corrected chi connectivity index (χ3v) is 5.65. The maximum Gasteiger partial charge on any atom is 0.237 e. The first-order valence-corrected chi connectivity index (χ1v) is 9.56. The highest BCUT2D eigenvalue weighted by Gasteiger charge is 2.26. The van der Waals surface area contributed by atoms with Crippen molar-refractivity contribution in [1.82, 2.24) is 10.2 Å². The molecule has 4 heteroatoms. The van der Waals surface area contributed by atoms with Crippen molar-refractivity contribution in [2.45, 2.75) is 45.1 Å². The average Bonchev–Trinajstić information content (AvgIpc) is 2.67. The van der Waals surface area contributed by atoms with E-state index in [1.165, 1.54) is 37.8 Å². The summed E-state index contributed by atoms with van der Waals surface area (Å²) in [6.45, 7) is 6.80. The number of nitrogens with zero attached hydrogens (tertiary/aromatic N) is 2. The summed E-state index contributed by atoms with van der Waals surface area (Å²) in [6, 6.07) is 10.5. The highest BCUT2D eigenvalue weighted by atomic mass is 16.2. The summed E-state index contributed by atoms with van der Waals surface area (Å²) in [6.07, 6.45) is 6.59. The van der Waals surface area contributed by atoms with Gasteiger partial charge < -0.3 is 10.2 Å². The quantitative estimate of drug-likeness (QED) is 0.902. The smallest absolute Gasteiger partial charge is 0.237 e. The van der Waals surface area contributed by atoms with Gasteiger partial charge in [-0.05, 0) is 37.8 Å². The number of hydrogen-bond donors (Lipinski definition) is 1. The van der Waals surface area contributed by atoms with E-state index in [2.05, 4.69) is 45.4 Å². The number of nitrogens with one attached hydrogen (secondary N) is 1. The molecule has 0 unspecified atom stereocenters. The summed E-state index contributed by atoms with van der Waals surface area (Å²) in [5, 5.41) is 3.20. The Bertz CT molecular complexity index is 505. The molecule has 3 rings (SSSR count). The average molecular weight is 329 g/mol. The van der Waals surface area contributed by atoms with Crippen LogP contribution in [-0.4, -0.2) is 49.6 Å². The third-order valence-electron chi connectivity index (χ3n) is 5.65. The maximum atomic E-state index is 12.5.